The van der Waals surface area contributed by atoms with Gasteiger partial charge in [0.05, 0.1) is 12.1 Å². The number of pyridine rings is 1. The Morgan fingerprint density at radius 3 is 2.77 bits per heavy atom. The average molecular weight is 551 g/mol. The number of carbonyl (C=O) groups is 2. The lowest BCUT2D eigenvalue weighted by Gasteiger charge is -2.23. The number of carboxylic acids is 1. The number of amides is 1. The van der Waals surface area contributed by atoms with Crippen LogP contribution in [0.25, 0.3) is 33.4 Å². The van der Waals surface area contributed by atoms with E-state index >= 15 is 0 Å². The number of carbonyl (C=O) groups excluding carboxylic acids is 1. The third-order valence-corrected chi connectivity index (χ3v) is 8.40. The lowest BCUT2D eigenvalue weighted by molar-refractivity contribution is -0.140. The molecule has 1 aliphatic carbocycles. The Balaban J connectivity index is 1.46. The molecule has 0 radical (unpaired) electrons. The van der Waals surface area contributed by atoms with Crippen molar-refractivity contribution in [3.8, 4) is 28.1 Å². The van der Waals surface area contributed by atoms with Crippen LogP contribution < -0.4 is 9.64 Å². The molecule has 39 heavy (non-hydrogen) atoms. The topological polar surface area (TPSA) is 97.6 Å². The van der Waals surface area contributed by atoms with Gasteiger partial charge < -0.3 is 14.4 Å². The quantitative estimate of drug-likeness (QED) is 0.249. The molecule has 1 aliphatic rings. The molecule has 4 aromatic rings. The highest BCUT2D eigenvalue weighted by Gasteiger charge is 2.30. The van der Waals surface area contributed by atoms with Crippen LogP contribution in [0, 0.1) is 11.8 Å². The van der Waals surface area contributed by atoms with Gasteiger partial charge in [-0.1, -0.05) is 25.7 Å². The summed E-state index contributed by atoms with van der Waals surface area (Å²) in [4.78, 5) is 35.8. The van der Waals surface area contributed by atoms with E-state index in [4.69, 9.17) is 9.72 Å². The molecule has 3 aromatic heterocycles. The molecule has 0 aliphatic heterocycles. The molecule has 8 nitrogen and oxygen atoms in total. The highest BCUT2D eigenvalue weighted by atomic mass is 32.1. The molecule has 1 N–H and O–H groups in total. The molecule has 1 fully saturated rings. The number of halogens is 1. The molecule has 0 unspecified atom stereocenters. The van der Waals surface area contributed by atoms with Crippen LogP contribution >= 0.6 is 11.3 Å². The van der Waals surface area contributed by atoms with Gasteiger partial charge in [-0.05, 0) is 48.2 Å². The first kappa shape index (κ1) is 26.8. The number of ether oxygens (including phenoxy) is 1. The summed E-state index contributed by atoms with van der Waals surface area (Å²) in [6, 6.07) is 9.32. The monoisotopic (exact) mass is 550 g/mol. The maximum absolute atomic E-state index is 13.4. The van der Waals surface area contributed by atoms with Gasteiger partial charge >= 0.3 is 5.97 Å². The number of hydrogen-bond acceptors (Lipinski definition) is 6. The van der Waals surface area contributed by atoms with Gasteiger partial charge in [0, 0.05) is 54.3 Å². The zero-order valence-corrected chi connectivity index (χ0v) is 22.8. The van der Waals surface area contributed by atoms with Crippen LogP contribution in [0.3, 0.4) is 0 Å². The molecule has 3 heterocycles. The minimum Gasteiger partial charge on any atom is -0.481 e. The number of hydrogen-bond donors (Lipinski definition) is 1. The molecule has 1 aromatic carbocycles. The van der Waals surface area contributed by atoms with E-state index in [1.54, 1.807) is 25.4 Å². The number of aryl methyl sites for hydroxylation is 1. The van der Waals surface area contributed by atoms with Crippen LogP contribution in [0.1, 0.15) is 38.5 Å². The number of thiazole rings is 1. The van der Waals surface area contributed by atoms with E-state index in [1.807, 2.05) is 41.4 Å². The Labute approximate surface area is 230 Å². The summed E-state index contributed by atoms with van der Waals surface area (Å²) in [5, 5.41) is 12.8. The number of anilines is 1. The van der Waals surface area contributed by atoms with Crippen LogP contribution in [0.5, 0.6) is 5.75 Å². The van der Waals surface area contributed by atoms with Gasteiger partial charge in [-0.25, -0.2) is 14.4 Å². The predicted octanol–water partition coefficient (Wildman–Crippen LogP) is 6.30. The number of alkyl halides is 1. The van der Waals surface area contributed by atoms with Crippen LogP contribution in [0.4, 0.5) is 9.52 Å². The van der Waals surface area contributed by atoms with Crippen molar-refractivity contribution in [3.05, 3.63) is 48.1 Å². The van der Waals surface area contributed by atoms with Gasteiger partial charge in [0.1, 0.15) is 11.4 Å². The molecule has 1 amide bonds. The van der Waals surface area contributed by atoms with Crippen LogP contribution in [-0.4, -0.2) is 45.4 Å². The summed E-state index contributed by atoms with van der Waals surface area (Å²) in [7, 11) is 3.58. The van der Waals surface area contributed by atoms with E-state index in [1.165, 1.54) is 16.2 Å². The fourth-order valence-corrected chi connectivity index (χ4v) is 6.28. The van der Waals surface area contributed by atoms with Gasteiger partial charge in [0.2, 0.25) is 12.8 Å². The molecule has 1 atom stereocenters. The second kappa shape index (κ2) is 11.5. The normalized spacial score (nSPS) is 14.5. The smallest absolute Gasteiger partial charge is 0.304 e. The summed E-state index contributed by atoms with van der Waals surface area (Å²) in [5.41, 5.74) is 3.90. The molecule has 10 heteroatoms. The number of fused-ring (bicyclic) bond motifs is 1. The maximum atomic E-state index is 13.4. The van der Waals surface area contributed by atoms with Crippen LogP contribution in [-0.2, 0) is 16.6 Å². The molecule has 0 bridgehead atoms. The number of carboxylic acid groups (broad SMARTS) is 1. The Hall–Kier alpha value is -3.79. The summed E-state index contributed by atoms with van der Waals surface area (Å²) in [6.45, 7) is -0.957. The van der Waals surface area contributed by atoms with E-state index in [0.717, 1.165) is 53.4 Å². The van der Waals surface area contributed by atoms with E-state index < -0.39 is 18.7 Å². The van der Waals surface area contributed by atoms with Crippen molar-refractivity contribution in [2.75, 3.05) is 18.8 Å². The minimum absolute atomic E-state index is 0.195. The number of nitrogens with zero attached hydrogens (tertiary/aromatic N) is 4. The summed E-state index contributed by atoms with van der Waals surface area (Å²) in [6.07, 6.45) is 8.46. The van der Waals surface area contributed by atoms with Crippen molar-refractivity contribution in [3.63, 3.8) is 0 Å². The predicted molar refractivity (Wildman–Crippen MR) is 150 cm³/mol. The Bertz CT molecular complexity index is 1490. The molecule has 0 saturated heterocycles. The van der Waals surface area contributed by atoms with Crippen LogP contribution in [0.15, 0.2) is 48.1 Å². The number of benzene rings is 1. The summed E-state index contributed by atoms with van der Waals surface area (Å²) >= 11 is 1.30. The average Bonchev–Trinajstić information content (AvgIpc) is 3.69. The molecular weight excluding hydrogens is 519 g/mol. The van der Waals surface area contributed by atoms with Gasteiger partial charge in [0.25, 0.3) is 0 Å². The van der Waals surface area contributed by atoms with E-state index in [-0.39, 0.29) is 12.3 Å². The largest absolute Gasteiger partial charge is 0.481 e. The lowest BCUT2D eigenvalue weighted by atomic mass is 9.90. The lowest BCUT2D eigenvalue weighted by Crippen LogP contribution is -2.35. The third kappa shape index (κ3) is 5.80. The Kier molecular flexibility index (Phi) is 7.92. The highest BCUT2D eigenvalue weighted by molar-refractivity contribution is 7.14. The van der Waals surface area contributed by atoms with Crippen molar-refractivity contribution >= 4 is 39.4 Å². The van der Waals surface area contributed by atoms with Gasteiger partial charge in [-0.3, -0.25) is 14.5 Å². The van der Waals surface area contributed by atoms with Gasteiger partial charge in [0.15, 0.2) is 5.13 Å². The molecule has 204 valence electrons. The van der Waals surface area contributed by atoms with E-state index in [9.17, 15) is 19.1 Å². The van der Waals surface area contributed by atoms with Gasteiger partial charge in [-0.15, -0.1) is 11.3 Å². The second-order valence-electron chi connectivity index (χ2n) is 10.1. The zero-order valence-electron chi connectivity index (χ0n) is 22.0. The fourth-order valence-electron chi connectivity index (χ4n) is 5.48. The molecular formula is C29H31FN4O4S. The minimum atomic E-state index is -0.974. The number of aromatic nitrogens is 3. The Morgan fingerprint density at radius 1 is 1.23 bits per heavy atom. The first-order valence-corrected chi connectivity index (χ1v) is 13.9. The molecule has 0 spiro atoms. The van der Waals surface area contributed by atoms with E-state index in [0.29, 0.717) is 28.9 Å². The Morgan fingerprint density at radius 2 is 2.03 bits per heavy atom. The zero-order chi connectivity index (χ0) is 27.5. The first-order valence-electron chi connectivity index (χ1n) is 13.0. The van der Waals surface area contributed by atoms with Crippen molar-refractivity contribution in [1.29, 1.82) is 0 Å². The summed E-state index contributed by atoms with van der Waals surface area (Å²) < 4.78 is 20.1. The molecule has 5 rings (SSSR count). The third-order valence-electron chi connectivity index (χ3n) is 7.48. The van der Waals surface area contributed by atoms with Crippen LogP contribution in [0.2, 0.25) is 0 Å². The first-order chi connectivity index (χ1) is 18.8. The van der Waals surface area contributed by atoms with Crippen molar-refractivity contribution < 1.29 is 23.8 Å². The van der Waals surface area contributed by atoms with E-state index in [2.05, 4.69) is 4.98 Å². The maximum Gasteiger partial charge on any atom is 0.304 e. The van der Waals surface area contributed by atoms with Crippen molar-refractivity contribution in [1.82, 2.24) is 14.5 Å². The molecule has 1 saturated carbocycles. The fraction of sp³-hybridized carbons (Fsp3) is 0.379. The summed E-state index contributed by atoms with van der Waals surface area (Å²) in [5.74, 6) is -1.06. The SMILES string of the molecule is CN(C(=O)[C@@H](CC(=O)O)CC1CCCC1)c1nc(-c2cc(OCF)ccc2-c2cnc3c(ccn3C)c2)cs1. The highest BCUT2D eigenvalue weighted by Crippen LogP contribution is 2.38. The van der Waals surface area contributed by atoms with Gasteiger partial charge in [-0.2, -0.15) is 0 Å². The number of rotatable bonds is 10. The van der Waals surface area contributed by atoms with Crippen molar-refractivity contribution in [2.45, 2.75) is 38.5 Å². The standard InChI is InChI=1S/C29H31FN4O4S/c1-33-10-9-19-12-21(15-31-27(19)33)23-8-7-22(38-17-30)14-24(23)25-16-39-29(32-25)34(2)28(37)20(13-26(35)36)11-18-5-3-4-6-18/h7-10,12,14-16,18,20H,3-6,11,13,17H2,1-2H3,(H,35,36)/t20-/m1/s1. The second-order valence-corrected chi connectivity index (χ2v) is 11.0. The van der Waals surface area contributed by atoms with Crippen molar-refractivity contribution in [2.24, 2.45) is 18.9 Å². The number of aliphatic carboxylic acids is 1.